The smallest absolute Gasteiger partial charge is 0.207 e. The molecule has 1 heterocycles. The van der Waals surface area contributed by atoms with Crippen LogP contribution in [0.4, 0.5) is 0 Å². The van der Waals surface area contributed by atoms with Crippen molar-refractivity contribution in [2.45, 2.75) is 43.9 Å². The van der Waals surface area contributed by atoms with Crippen LogP contribution in [0, 0.1) is 5.92 Å². The fourth-order valence-electron chi connectivity index (χ4n) is 2.58. The van der Waals surface area contributed by atoms with Crippen molar-refractivity contribution in [1.29, 1.82) is 0 Å². The van der Waals surface area contributed by atoms with Gasteiger partial charge < -0.3 is 0 Å². The van der Waals surface area contributed by atoms with Crippen LogP contribution >= 0.6 is 11.6 Å². The maximum absolute atomic E-state index is 12.8. The molecule has 1 aliphatic heterocycles. The number of piperidine rings is 1. The van der Waals surface area contributed by atoms with Crippen molar-refractivity contribution in [3.63, 3.8) is 0 Å². The van der Waals surface area contributed by atoms with E-state index in [2.05, 4.69) is 6.92 Å². The molecule has 0 atom stereocenters. The zero-order valence-electron chi connectivity index (χ0n) is 12.1. The molecule has 0 aromatic heterocycles. The van der Waals surface area contributed by atoms with Gasteiger partial charge in [-0.3, -0.25) is 0 Å². The van der Waals surface area contributed by atoms with Crippen LogP contribution in [0.25, 0.3) is 0 Å². The first-order valence-corrected chi connectivity index (χ1v) is 9.14. The summed E-state index contributed by atoms with van der Waals surface area (Å²) >= 11 is 5.84. The van der Waals surface area contributed by atoms with Crippen LogP contribution in [0.15, 0.2) is 23.1 Å². The molecule has 2 rings (SSSR count). The van der Waals surface area contributed by atoms with Crippen LogP contribution in [-0.2, 0) is 22.3 Å². The lowest BCUT2D eigenvalue weighted by Crippen LogP contribution is -2.38. The first-order valence-electron chi connectivity index (χ1n) is 7.17. The molecule has 0 saturated carbocycles. The van der Waals surface area contributed by atoms with E-state index in [0.29, 0.717) is 36.2 Å². The number of rotatable bonds is 4. The highest BCUT2D eigenvalue weighted by atomic mass is 35.5. The molecule has 3 nitrogen and oxygen atoms in total. The zero-order chi connectivity index (χ0) is 14.8. The Bertz CT molecular complexity index is 563. The Morgan fingerprint density at radius 2 is 1.95 bits per heavy atom. The molecule has 0 radical (unpaired) electrons. The molecule has 20 heavy (non-hydrogen) atoms. The molecule has 0 unspecified atom stereocenters. The summed E-state index contributed by atoms with van der Waals surface area (Å²) in [4.78, 5) is 0.438. The Balaban J connectivity index is 2.37. The average molecular weight is 316 g/mol. The molecular weight excluding hydrogens is 294 g/mol. The van der Waals surface area contributed by atoms with Gasteiger partial charge >= 0.3 is 0 Å². The van der Waals surface area contributed by atoms with E-state index in [4.69, 9.17) is 11.6 Å². The Kier molecular flexibility index (Phi) is 5.10. The first kappa shape index (κ1) is 15.8. The molecule has 0 aliphatic carbocycles. The summed E-state index contributed by atoms with van der Waals surface area (Å²) in [5.74, 6) is 0.949. The summed E-state index contributed by atoms with van der Waals surface area (Å²) in [6.45, 7) is 5.40. The fourth-order valence-corrected chi connectivity index (χ4v) is 4.56. The Hall–Kier alpha value is -0.580. The standard InChI is InChI=1S/C15H22ClNO2S/c1-3-14-5-4-13(11-16)10-15(14)20(18,19)17-8-6-12(2)7-9-17/h4-5,10,12H,3,6-9,11H2,1-2H3. The number of sulfonamides is 1. The maximum atomic E-state index is 12.8. The van der Waals surface area contributed by atoms with Gasteiger partial charge in [-0.05, 0) is 42.4 Å². The van der Waals surface area contributed by atoms with Gasteiger partial charge in [-0.15, -0.1) is 11.6 Å². The monoisotopic (exact) mass is 315 g/mol. The number of halogens is 1. The van der Waals surface area contributed by atoms with Gasteiger partial charge in [0.1, 0.15) is 0 Å². The summed E-state index contributed by atoms with van der Waals surface area (Å²) in [6, 6.07) is 5.53. The molecule has 0 bridgehead atoms. The molecule has 0 amide bonds. The van der Waals surface area contributed by atoms with Gasteiger partial charge in [0, 0.05) is 19.0 Å². The van der Waals surface area contributed by atoms with Gasteiger partial charge in [0.15, 0.2) is 0 Å². The number of alkyl halides is 1. The summed E-state index contributed by atoms with van der Waals surface area (Å²) in [6.07, 6.45) is 2.59. The molecule has 1 aromatic rings. The Morgan fingerprint density at radius 3 is 2.50 bits per heavy atom. The van der Waals surface area contributed by atoms with E-state index in [1.165, 1.54) is 0 Å². The largest absolute Gasteiger partial charge is 0.243 e. The second-order valence-electron chi connectivity index (χ2n) is 5.52. The topological polar surface area (TPSA) is 37.4 Å². The zero-order valence-corrected chi connectivity index (χ0v) is 13.7. The van der Waals surface area contributed by atoms with E-state index in [-0.39, 0.29) is 0 Å². The van der Waals surface area contributed by atoms with E-state index < -0.39 is 10.0 Å². The van der Waals surface area contributed by atoms with E-state index >= 15 is 0 Å². The molecule has 5 heteroatoms. The number of benzene rings is 1. The van der Waals surface area contributed by atoms with Crippen molar-refractivity contribution < 1.29 is 8.42 Å². The molecule has 1 aromatic carbocycles. The van der Waals surface area contributed by atoms with E-state index in [9.17, 15) is 8.42 Å². The van der Waals surface area contributed by atoms with Crippen molar-refractivity contribution in [1.82, 2.24) is 4.31 Å². The number of hydrogen-bond donors (Lipinski definition) is 0. The van der Waals surface area contributed by atoms with Crippen LogP contribution in [0.5, 0.6) is 0 Å². The molecular formula is C15H22ClNO2S. The highest BCUT2D eigenvalue weighted by Crippen LogP contribution is 2.27. The van der Waals surface area contributed by atoms with Crippen LogP contribution < -0.4 is 0 Å². The minimum absolute atomic E-state index is 0.337. The Morgan fingerprint density at radius 1 is 1.30 bits per heavy atom. The molecule has 1 fully saturated rings. The molecule has 0 N–H and O–H groups in total. The first-order chi connectivity index (χ1) is 9.48. The normalized spacial score (nSPS) is 18.4. The predicted molar refractivity (Wildman–Crippen MR) is 82.5 cm³/mol. The van der Waals surface area contributed by atoms with Crippen molar-refractivity contribution >= 4 is 21.6 Å². The van der Waals surface area contributed by atoms with Crippen molar-refractivity contribution in [2.24, 2.45) is 5.92 Å². The highest BCUT2D eigenvalue weighted by Gasteiger charge is 2.29. The van der Waals surface area contributed by atoms with Crippen molar-refractivity contribution in [2.75, 3.05) is 13.1 Å². The maximum Gasteiger partial charge on any atom is 0.243 e. The van der Waals surface area contributed by atoms with Crippen molar-refractivity contribution in [3.05, 3.63) is 29.3 Å². The van der Waals surface area contributed by atoms with E-state index in [0.717, 1.165) is 24.0 Å². The SMILES string of the molecule is CCc1ccc(CCl)cc1S(=O)(=O)N1CCC(C)CC1. The number of nitrogens with zero attached hydrogens (tertiary/aromatic N) is 1. The van der Waals surface area contributed by atoms with Crippen molar-refractivity contribution in [3.8, 4) is 0 Å². The van der Waals surface area contributed by atoms with Gasteiger partial charge in [0.2, 0.25) is 10.0 Å². The van der Waals surface area contributed by atoms with Gasteiger partial charge in [-0.1, -0.05) is 26.0 Å². The minimum Gasteiger partial charge on any atom is -0.207 e. The van der Waals surface area contributed by atoms with Crippen LogP contribution in [-0.4, -0.2) is 25.8 Å². The summed E-state index contributed by atoms with van der Waals surface area (Å²) < 4.78 is 27.3. The van der Waals surface area contributed by atoms with E-state index in [1.54, 1.807) is 10.4 Å². The lowest BCUT2D eigenvalue weighted by atomic mass is 10.0. The quantitative estimate of drug-likeness (QED) is 0.798. The third kappa shape index (κ3) is 3.18. The third-order valence-corrected chi connectivity index (χ3v) is 6.32. The third-order valence-electron chi connectivity index (χ3n) is 4.03. The van der Waals surface area contributed by atoms with Gasteiger partial charge in [0.25, 0.3) is 0 Å². The fraction of sp³-hybridized carbons (Fsp3) is 0.600. The lowest BCUT2D eigenvalue weighted by Gasteiger charge is -2.30. The van der Waals surface area contributed by atoms with Gasteiger partial charge in [0.05, 0.1) is 4.90 Å². The van der Waals surface area contributed by atoms with Gasteiger partial charge in [-0.25, -0.2) is 8.42 Å². The second kappa shape index (κ2) is 6.46. The molecule has 1 aliphatic rings. The van der Waals surface area contributed by atoms with E-state index in [1.807, 2.05) is 19.1 Å². The van der Waals surface area contributed by atoms with Crippen LogP contribution in [0.1, 0.15) is 37.8 Å². The highest BCUT2D eigenvalue weighted by molar-refractivity contribution is 7.89. The Labute approximate surface area is 127 Å². The number of aryl methyl sites for hydroxylation is 1. The lowest BCUT2D eigenvalue weighted by molar-refractivity contribution is 0.288. The predicted octanol–water partition coefficient (Wildman–Crippen LogP) is 3.41. The second-order valence-corrected chi connectivity index (χ2v) is 7.69. The summed E-state index contributed by atoms with van der Waals surface area (Å²) in [5, 5.41) is 0. The molecule has 1 saturated heterocycles. The average Bonchev–Trinajstić information content (AvgIpc) is 2.47. The summed E-state index contributed by atoms with van der Waals surface area (Å²) in [5.41, 5.74) is 1.73. The molecule has 112 valence electrons. The number of hydrogen-bond acceptors (Lipinski definition) is 2. The van der Waals surface area contributed by atoms with Crippen LogP contribution in [0.3, 0.4) is 0 Å². The minimum atomic E-state index is -3.39. The molecule has 0 spiro atoms. The summed E-state index contributed by atoms with van der Waals surface area (Å²) in [7, 11) is -3.39. The van der Waals surface area contributed by atoms with Gasteiger partial charge in [-0.2, -0.15) is 4.31 Å². The van der Waals surface area contributed by atoms with Crippen LogP contribution in [0.2, 0.25) is 0 Å².